The summed E-state index contributed by atoms with van der Waals surface area (Å²) in [5, 5.41) is 11.7. The molecule has 1 N–H and O–H groups in total. The second-order valence-electron chi connectivity index (χ2n) is 6.07. The van der Waals surface area contributed by atoms with Gasteiger partial charge in [-0.05, 0) is 42.5 Å². The molecule has 0 aliphatic carbocycles. The van der Waals surface area contributed by atoms with E-state index in [1.165, 1.54) is 0 Å². The number of carbonyl (C=O) groups excluding carboxylic acids is 1. The summed E-state index contributed by atoms with van der Waals surface area (Å²) in [6, 6.07) is 7.19. The van der Waals surface area contributed by atoms with E-state index in [-0.39, 0.29) is 5.91 Å². The predicted molar refractivity (Wildman–Crippen MR) is 102 cm³/mol. The zero-order valence-corrected chi connectivity index (χ0v) is 15.5. The Labute approximate surface area is 159 Å². The Hall–Kier alpha value is -2.38. The van der Waals surface area contributed by atoms with Crippen molar-refractivity contribution in [2.75, 3.05) is 18.4 Å². The molecular weight excluding hydrogens is 372 g/mol. The molecule has 0 atom stereocenters. The first kappa shape index (κ1) is 17.1. The average Bonchev–Trinajstić information content (AvgIpc) is 3.41. The molecule has 0 spiro atoms. The molecule has 4 rings (SSSR count). The monoisotopic (exact) mass is 388 g/mol. The first-order valence-electron chi connectivity index (χ1n) is 8.38. The highest BCUT2D eigenvalue weighted by molar-refractivity contribution is 7.08. The van der Waals surface area contributed by atoms with Gasteiger partial charge in [0.1, 0.15) is 0 Å². The van der Waals surface area contributed by atoms with E-state index in [1.807, 2.05) is 21.7 Å². The Kier molecular flexibility index (Phi) is 4.90. The molecule has 1 fully saturated rings. The standard InChI is InChI=1S/C18H17ClN4O2S/c19-13-3-4-14(18(24)23-6-1-2-7-23)15(9-13)20-10-16-21-17(22-25-16)12-5-8-26-11-12/h3-5,8-9,11,20H,1-2,6-7,10H2. The molecule has 0 bridgehead atoms. The van der Waals surface area contributed by atoms with E-state index in [2.05, 4.69) is 15.5 Å². The van der Waals surface area contributed by atoms with Crippen LogP contribution in [0.4, 0.5) is 5.69 Å². The van der Waals surface area contributed by atoms with Crippen molar-refractivity contribution in [2.45, 2.75) is 19.4 Å². The van der Waals surface area contributed by atoms with Crippen LogP contribution in [0.1, 0.15) is 29.1 Å². The lowest BCUT2D eigenvalue weighted by atomic mass is 10.1. The van der Waals surface area contributed by atoms with Crippen LogP contribution in [-0.2, 0) is 6.54 Å². The molecule has 26 heavy (non-hydrogen) atoms. The van der Waals surface area contributed by atoms with Crippen molar-refractivity contribution in [2.24, 2.45) is 0 Å². The molecule has 6 nitrogen and oxygen atoms in total. The minimum absolute atomic E-state index is 0.0196. The lowest BCUT2D eigenvalue weighted by molar-refractivity contribution is 0.0793. The van der Waals surface area contributed by atoms with Gasteiger partial charge in [-0.15, -0.1) is 0 Å². The number of hydrogen-bond acceptors (Lipinski definition) is 6. The minimum Gasteiger partial charge on any atom is -0.375 e. The number of anilines is 1. The molecule has 0 saturated carbocycles. The topological polar surface area (TPSA) is 71.3 Å². The lowest BCUT2D eigenvalue weighted by Gasteiger charge is -2.18. The molecule has 8 heteroatoms. The van der Waals surface area contributed by atoms with Crippen molar-refractivity contribution in [3.8, 4) is 11.4 Å². The van der Waals surface area contributed by atoms with E-state index in [9.17, 15) is 4.79 Å². The van der Waals surface area contributed by atoms with E-state index >= 15 is 0 Å². The third-order valence-electron chi connectivity index (χ3n) is 4.28. The van der Waals surface area contributed by atoms with E-state index in [1.54, 1.807) is 29.5 Å². The normalized spacial score (nSPS) is 14.0. The van der Waals surface area contributed by atoms with E-state index < -0.39 is 0 Å². The number of thiophene rings is 1. The Morgan fingerprint density at radius 3 is 2.92 bits per heavy atom. The number of nitrogens with one attached hydrogen (secondary N) is 1. The number of halogens is 1. The van der Waals surface area contributed by atoms with Gasteiger partial charge in [-0.2, -0.15) is 16.3 Å². The molecule has 0 radical (unpaired) electrons. The van der Waals surface area contributed by atoms with Gasteiger partial charge >= 0.3 is 0 Å². The molecule has 1 aromatic carbocycles. The van der Waals surface area contributed by atoms with Crippen molar-refractivity contribution in [3.05, 3.63) is 51.5 Å². The largest absolute Gasteiger partial charge is 0.375 e. The highest BCUT2D eigenvalue weighted by atomic mass is 35.5. The quantitative estimate of drug-likeness (QED) is 0.705. The Balaban J connectivity index is 1.51. The highest BCUT2D eigenvalue weighted by Crippen LogP contribution is 2.25. The number of amides is 1. The van der Waals surface area contributed by atoms with Gasteiger partial charge in [-0.1, -0.05) is 16.8 Å². The molecule has 1 aliphatic heterocycles. The summed E-state index contributed by atoms with van der Waals surface area (Å²) < 4.78 is 5.29. The highest BCUT2D eigenvalue weighted by Gasteiger charge is 2.22. The van der Waals surface area contributed by atoms with Crippen LogP contribution < -0.4 is 5.32 Å². The van der Waals surface area contributed by atoms with Crippen LogP contribution in [-0.4, -0.2) is 34.0 Å². The van der Waals surface area contributed by atoms with Crippen molar-refractivity contribution >= 4 is 34.5 Å². The summed E-state index contributed by atoms with van der Waals surface area (Å²) in [5.74, 6) is 1.03. The third kappa shape index (κ3) is 3.59. The van der Waals surface area contributed by atoms with Gasteiger partial charge in [0, 0.05) is 34.7 Å². The summed E-state index contributed by atoms with van der Waals surface area (Å²) in [5.41, 5.74) is 2.20. The number of nitrogens with zero attached hydrogens (tertiary/aromatic N) is 3. The number of likely N-dealkylation sites (tertiary alicyclic amines) is 1. The second-order valence-corrected chi connectivity index (χ2v) is 7.28. The number of aromatic nitrogens is 2. The van der Waals surface area contributed by atoms with Crippen LogP contribution >= 0.6 is 22.9 Å². The number of hydrogen-bond donors (Lipinski definition) is 1. The Bertz CT molecular complexity index is 904. The molecule has 1 amide bonds. The fourth-order valence-corrected chi connectivity index (χ4v) is 3.75. The third-order valence-corrected chi connectivity index (χ3v) is 5.20. The fraction of sp³-hybridized carbons (Fsp3) is 0.278. The van der Waals surface area contributed by atoms with Crippen LogP contribution in [0, 0.1) is 0 Å². The summed E-state index contributed by atoms with van der Waals surface area (Å²) >= 11 is 7.70. The van der Waals surface area contributed by atoms with Crippen LogP contribution in [0.15, 0.2) is 39.5 Å². The molecule has 134 valence electrons. The van der Waals surface area contributed by atoms with Gasteiger partial charge in [-0.25, -0.2) is 0 Å². The lowest BCUT2D eigenvalue weighted by Crippen LogP contribution is -2.28. The van der Waals surface area contributed by atoms with Crippen molar-refractivity contribution in [1.29, 1.82) is 0 Å². The van der Waals surface area contributed by atoms with Gasteiger partial charge < -0.3 is 14.7 Å². The summed E-state index contributed by atoms with van der Waals surface area (Å²) in [4.78, 5) is 19.0. The minimum atomic E-state index is 0.0196. The smallest absolute Gasteiger partial charge is 0.255 e. The second kappa shape index (κ2) is 7.47. The summed E-state index contributed by atoms with van der Waals surface area (Å²) in [7, 11) is 0. The number of carbonyl (C=O) groups is 1. The Morgan fingerprint density at radius 2 is 2.15 bits per heavy atom. The van der Waals surface area contributed by atoms with Gasteiger partial charge in [-0.3, -0.25) is 4.79 Å². The van der Waals surface area contributed by atoms with Crippen molar-refractivity contribution in [3.63, 3.8) is 0 Å². The van der Waals surface area contributed by atoms with E-state index in [0.717, 1.165) is 31.5 Å². The SMILES string of the molecule is O=C(c1ccc(Cl)cc1NCc1nc(-c2ccsc2)no1)N1CCCC1. The van der Waals surface area contributed by atoms with E-state index in [0.29, 0.717) is 34.5 Å². The predicted octanol–water partition coefficient (Wildman–Crippen LogP) is 4.30. The van der Waals surface area contributed by atoms with Crippen molar-refractivity contribution in [1.82, 2.24) is 15.0 Å². The fourth-order valence-electron chi connectivity index (χ4n) is 2.95. The molecule has 1 saturated heterocycles. The van der Waals surface area contributed by atoms with Crippen LogP contribution in [0.3, 0.4) is 0 Å². The number of rotatable bonds is 5. The van der Waals surface area contributed by atoms with Crippen molar-refractivity contribution < 1.29 is 9.32 Å². The van der Waals surface area contributed by atoms with Crippen LogP contribution in [0.25, 0.3) is 11.4 Å². The zero-order valence-electron chi connectivity index (χ0n) is 13.9. The van der Waals surface area contributed by atoms with Gasteiger partial charge in [0.25, 0.3) is 5.91 Å². The zero-order chi connectivity index (χ0) is 17.9. The average molecular weight is 389 g/mol. The van der Waals surface area contributed by atoms with Crippen LogP contribution in [0.2, 0.25) is 5.02 Å². The maximum absolute atomic E-state index is 12.7. The van der Waals surface area contributed by atoms with E-state index in [4.69, 9.17) is 16.1 Å². The molecule has 3 aromatic rings. The van der Waals surface area contributed by atoms with Gasteiger partial charge in [0.2, 0.25) is 11.7 Å². The molecule has 3 heterocycles. The maximum Gasteiger partial charge on any atom is 0.255 e. The first-order valence-corrected chi connectivity index (χ1v) is 9.70. The maximum atomic E-state index is 12.7. The molecule has 1 aliphatic rings. The number of benzene rings is 1. The summed E-state index contributed by atoms with van der Waals surface area (Å²) in [6.45, 7) is 1.92. The first-order chi connectivity index (χ1) is 12.7. The Morgan fingerprint density at radius 1 is 1.31 bits per heavy atom. The van der Waals surface area contributed by atoms with Gasteiger partial charge in [0.05, 0.1) is 12.1 Å². The summed E-state index contributed by atoms with van der Waals surface area (Å²) in [6.07, 6.45) is 2.10. The molecule has 2 aromatic heterocycles. The van der Waals surface area contributed by atoms with Gasteiger partial charge in [0.15, 0.2) is 0 Å². The molecule has 0 unspecified atom stereocenters. The van der Waals surface area contributed by atoms with Crippen LogP contribution in [0.5, 0.6) is 0 Å². The molecular formula is C18H17ClN4O2S.